The van der Waals surface area contributed by atoms with E-state index in [2.05, 4.69) is 5.32 Å². The fourth-order valence-electron chi connectivity index (χ4n) is 2.37. The van der Waals surface area contributed by atoms with Crippen molar-refractivity contribution in [3.8, 4) is 11.5 Å². The molecular weight excluding hydrogens is 353 g/mol. The number of nitrogens with one attached hydrogen (secondary N) is 1. The zero-order chi connectivity index (χ0) is 17.3. The summed E-state index contributed by atoms with van der Waals surface area (Å²) in [7, 11) is -3.03. The predicted octanol–water partition coefficient (Wildman–Crippen LogP) is 0.206. The minimum atomic E-state index is -4.62. The summed E-state index contributed by atoms with van der Waals surface area (Å²) in [5.74, 6) is 0.475. The molecule has 2 N–H and O–H groups in total. The van der Waals surface area contributed by atoms with Crippen LogP contribution in [0.1, 0.15) is 0 Å². The van der Waals surface area contributed by atoms with Gasteiger partial charge in [0.15, 0.2) is 0 Å². The minimum Gasteiger partial charge on any atom is -0.744 e. The maximum atomic E-state index is 11.1. The zero-order valence-electron chi connectivity index (χ0n) is 13.7. The van der Waals surface area contributed by atoms with E-state index in [9.17, 15) is 18.1 Å². The van der Waals surface area contributed by atoms with Crippen molar-refractivity contribution in [2.24, 2.45) is 0 Å². The molecule has 0 atom stereocenters. The molecule has 0 radical (unpaired) electrons. The van der Waals surface area contributed by atoms with Gasteiger partial charge in [0.2, 0.25) is 0 Å². The third-order valence-electron chi connectivity index (χ3n) is 3.57. The van der Waals surface area contributed by atoms with Gasteiger partial charge in [-0.1, -0.05) is 6.07 Å². The molecule has 3 aromatic rings. The molecule has 0 unspecified atom stereocenters. The molecule has 124 valence electrons. The molecule has 0 spiro atoms. The Morgan fingerprint density at radius 3 is 2.24 bits per heavy atom. The Labute approximate surface area is 167 Å². The van der Waals surface area contributed by atoms with Crippen molar-refractivity contribution in [1.82, 2.24) is 0 Å². The molecule has 25 heavy (non-hydrogen) atoms. The summed E-state index contributed by atoms with van der Waals surface area (Å²) in [4.78, 5) is -0.455. The van der Waals surface area contributed by atoms with Gasteiger partial charge in [0.25, 0.3) is 0 Å². The Bertz CT molecular complexity index is 1000. The van der Waals surface area contributed by atoms with E-state index in [1.165, 1.54) is 6.07 Å². The van der Waals surface area contributed by atoms with Crippen molar-refractivity contribution in [3.63, 3.8) is 0 Å². The van der Waals surface area contributed by atoms with Crippen LogP contribution in [0.3, 0.4) is 0 Å². The number of benzene rings is 3. The minimum absolute atomic E-state index is 0. The molecular formula is C17H14NNaO5S. The fraction of sp³-hybridized carbons (Fsp3) is 0.0588. The smallest absolute Gasteiger partial charge is 0.744 e. The van der Waals surface area contributed by atoms with E-state index in [4.69, 9.17) is 4.74 Å². The van der Waals surface area contributed by atoms with Crippen LogP contribution < -0.4 is 39.6 Å². The van der Waals surface area contributed by atoms with Crippen LogP contribution in [-0.4, -0.2) is 25.2 Å². The molecule has 0 fully saturated rings. The average Bonchev–Trinajstić information content (AvgIpc) is 2.55. The third-order valence-corrected chi connectivity index (χ3v) is 4.39. The maximum absolute atomic E-state index is 11.1. The van der Waals surface area contributed by atoms with Gasteiger partial charge >= 0.3 is 29.6 Å². The number of methoxy groups -OCH3 is 1. The quantitative estimate of drug-likeness (QED) is 0.505. The molecule has 8 heteroatoms. The molecule has 0 aliphatic carbocycles. The summed E-state index contributed by atoms with van der Waals surface area (Å²) in [5, 5.41) is 14.1. The second kappa shape index (κ2) is 7.63. The number of phenols is 1. The van der Waals surface area contributed by atoms with Crippen molar-refractivity contribution < 1.29 is 52.4 Å². The molecule has 0 aliphatic rings. The van der Waals surface area contributed by atoms with Crippen LogP contribution in [-0.2, 0) is 10.1 Å². The summed E-state index contributed by atoms with van der Waals surface area (Å²) >= 11 is 0. The van der Waals surface area contributed by atoms with Gasteiger partial charge in [0.05, 0.1) is 12.0 Å². The van der Waals surface area contributed by atoms with Crippen LogP contribution in [0.5, 0.6) is 11.5 Å². The van der Waals surface area contributed by atoms with E-state index in [0.29, 0.717) is 16.5 Å². The van der Waals surface area contributed by atoms with E-state index in [0.717, 1.165) is 17.5 Å². The molecule has 0 saturated carbocycles. The van der Waals surface area contributed by atoms with Gasteiger partial charge in [-0.15, -0.1) is 0 Å². The van der Waals surface area contributed by atoms with Crippen molar-refractivity contribution in [2.75, 3.05) is 12.4 Å². The number of ether oxygens (including phenoxy) is 1. The van der Waals surface area contributed by atoms with E-state index < -0.39 is 15.0 Å². The molecule has 3 aromatic carbocycles. The van der Waals surface area contributed by atoms with Gasteiger partial charge in [-0.05, 0) is 53.9 Å². The first-order chi connectivity index (χ1) is 11.4. The van der Waals surface area contributed by atoms with Crippen LogP contribution in [0, 0.1) is 0 Å². The summed E-state index contributed by atoms with van der Waals surface area (Å²) in [6.07, 6.45) is 0. The van der Waals surface area contributed by atoms with Crippen molar-refractivity contribution in [3.05, 3.63) is 54.6 Å². The molecule has 0 heterocycles. The van der Waals surface area contributed by atoms with E-state index in [-0.39, 0.29) is 35.3 Å². The Kier molecular flexibility index (Phi) is 5.97. The number of aromatic hydroxyl groups is 1. The van der Waals surface area contributed by atoms with E-state index >= 15 is 0 Å². The number of hydrogen-bond donors (Lipinski definition) is 2. The van der Waals surface area contributed by atoms with Crippen LogP contribution in [0.25, 0.3) is 10.8 Å². The Hall–Kier alpha value is -1.77. The summed E-state index contributed by atoms with van der Waals surface area (Å²) in [6, 6.07) is 14.6. The third kappa shape index (κ3) is 4.45. The Balaban J connectivity index is 0.00000225. The van der Waals surface area contributed by atoms with Crippen LogP contribution in [0.15, 0.2) is 59.5 Å². The average molecular weight is 367 g/mol. The van der Waals surface area contributed by atoms with Gasteiger partial charge in [0, 0.05) is 16.8 Å². The number of fused-ring (bicyclic) bond motifs is 1. The van der Waals surface area contributed by atoms with Crippen LogP contribution in [0.2, 0.25) is 0 Å². The molecule has 0 aliphatic heterocycles. The second-order valence-corrected chi connectivity index (χ2v) is 6.57. The number of hydrogen-bond acceptors (Lipinski definition) is 6. The van der Waals surface area contributed by atoms with Crippen molar-refractivity contribution >= 4 is 32.3 Å². The Morgan fingerprint density at radius 2 is 1.64 bits per heavy atom. The summed E-state index contributed by atoms with van der Waals surface area (Å²) in [5.41, 5.74) is 1.54. The van der Waals surface area contributed by atoms with Crippen molar-refractivity contribution in [2.45, 2.75) is 4.90 Å². The molecule has 0 saturated heterocycles. The monoisotopic (exact) mass is 367 g/mol. The van der Waals surface area contributed by atoms with E-state index in [1.54, 1.807) is 25.3 Å². The predicted molar refractivity (Wildman–Crippen MR) is 89.9 cm³/mol. The topological polar surface area (TPSA) is 98.7 Å². The van der Waals surface area contributed by atoms with Crippen LogP contribution in [0.4, 0.5) is 11.4 Å². The molecule has 0 bridgehead atoms. The summed E-state index contributed by atoms with van der Waals surface area (Å²) < 4.78 is 38.4. The van der Waals surface area contributed by atoms with Crippen LogP contribution >= 0.6 is 0 Å². The van der Waals surface area contributed by atoms with Gasteiger partial charge in [-0.3, -0.25) is 0 Å². The van der Waals surface area contributed by atoms with Gasteiger partial charge in [0.1, 0.15) is 21.6 Å². The number of rotatable bonds is 4. The van der Waals surface area contributed by atoms with Gasteiger partial charge in [-0.25, -0.2) is 8.42 Å². The SMILES string of the molecule is COc1ccc(Nc2ccc3cc(S(=O)(=O)[O-])cc(O)c3c2)cc1.[Na+]. The first-order valence-electron chi connectivity index (χ1n) is 7.00. The van der Waals surface area contributed by atoms with Gasteiger partial charge in [-0.2, -0.15) is 0 Å². The largest absolute Gasteiger partial charge is 1.00 e. The Morgan fingerprint density at radius 1 is 1.00 bits per heavy atom. The summed E-state index contributed by atoms with van der Waals surface area (Å²) in [6.45, 7) is 0. The van der Waals surface area contributed by atoms with Crippen molar-refractivity contribution in [1.29, 1.82) is 0 Å². The number of anilines is 2. The number of phenolic OH excluding ortho intramolecular Hbond substituents is 1. The van der Waals surface area contributed by atoms with E-state index in [1.807, 2.05) is 24.3 Å². The molecule has 0 aromatic heterocycles. The fourth-order valence-corrected chi connectivity index (χ4v) is 2.90. The maximum Gasteiger partial charge on any atom is 1.00 e. The first kappa shape index (κ1) is 19.6. The molecule has 0 amide bonds. The molecule has 6 nitrogen and oxygen atoms in total. The standard InChI is InChI=1S/C17H15NO5S.Na/c1-23-14-6-4-12(5-7-14)18-13-3-2-11-8-15(24(20,21)22)10-17(19)16(11)9-13;/h2-10,18-19H,1H3,(H,20,21,22);/q;+1/p-1. The normalized spacial score (nSPS) is 11.0. The second-order valence-electron chi connectivity index (χ2n) is 5.19. The zero-order valence-corrected chi connectivity index (χ0v) is 16.5. The first-order valence-corrected chi connectivity index (χ1v) is 8.41. The molecule has 3 rings (SSSR count). The van der Waals surface area contributed by atoms with Gasteiger partial charge < -0.3 is 19.7 Å².